The van der Waals surface area contributed by atoms with Crippen molar-refractivity contribution in [2.24, 2.45) is 34.5 Å². The number of fused-ring (bicyclic) bond motifs is 4. The lowest BCUT2D eigenvalue weighted by Gasteiger charge is -2.59. The molecule has 0 bridgehead atoms. The van der Waals surface area contributed by atoms with Crippen molar-refractivity contribution in [1.29, 1.82) is 0 Å². The van der Waals surface area contributed by atoms with Crippen LogP contribution in [0.15, 0.2) is 0 Å². The van der Waals surface area contributed by atoms with Crippen molar-refractivity contribution in [2.75, 3.05) is 0 Å². The molecule has 0 aromatic rings. The molecule has 3 heteroatoms. The molecule has 3 nitrogen and oxygen atoms in total. The number of rotatable bonds is 1. The maximum Gasteiger partial charge on any atom is 0.164 e. The fraction of sp³-hybridized carbons (Fsp3) is 0.905. The SMILES string of the molecule is CC[C@@H]1CC(=O)[C@@]2(C)CC[C@H]3[C@@H](CCC45OC4C(=O)CC[C@]35C)[C@H]12. The smallest absolute Gasteiger partial charge is 0.164 e. The summed E-state index contributed by atoms with van der Waals surface area (Å²) in [6.07, 6.45) is 7.95. The predicted molar refractivity (Wildman–Crippen MR) is 90.4 cm³/mol. The Balaban J connectivity index is 1.53. The van der Waals surface area contributed by atoms with E-state index in [0.717, 1.165) is 44.9 Å². The highest BCUT2D eigenvalue weighted by molar-refractivity contribution is 5.89. The van der Waals surface area contributed by atoms with E-state index in [1.165, 1.54) is 0 Å². The summed E-state index contributed by atoms with van der Waals surface area (Å²) in [5.74, 6) is 3.32. The quantitative estimate of drug-likeness (QED) is 0.684. The zero-order chi connectivity index (χ0) is 16.9. The molecule has 8 atom stereocenters. The summed E-state index contributed by atoms with van der Waals surface area (Å²) < 4.78 is 6.13. The molecule has 0 amide bonds. The summed E-state index contributed by atoms with van der Waals surface area (Å²) in [6.45, 7) is 6.94. The zero-order valence-corrected chi connectivity index (χ0v) is 15.3. The van der Waals surface area contributed by atoms with Gasteiger partial charge in [0.1, 0.15) is 17.5 Å². The van der Waals surface area contributed by atoms with Crippen LogP contribution in [0.1, 0.15) is 72.1 Å². The van der Waals surface area contributed by atoms with Gasteiger partial charge in [0.15, 0.2) is 5.78 Å². The van der Waals surface area contributed by atoms with Crippen LogP contribution in [0.4, 0.5) is 0 Å². The van der Waals surface area contributed by atoms with Crippen molar-refractivity contribution in [1.82, 2.24) is 0 Å². The summed E-state index contributed by atoms with van der Waals surface area (Å²) in [7, 11) is 0. The van der Waals surface area contributed by atoms with Gasteiger partial charge >= 0.3 is 0 Å². The van der Waals surface area contributed by atoms with Crippen molar-refractivity contribution >= 4 is 11.6 Å². The molecule has 0 aromatic carbocycles. The third-order valence-corrected chi connectivity index (χ3v) is 9.32. The van der Waals surface area contributed by atoms with Crippen LogP contribution in [0.5, 0.6) is 0 Å². The third-order valence-electron chi connectivity index (χ3n) is 9.32. The summed E-state index contributed by atoms with van der Waals surface area (Å²) in [6, 6.07) is 0. The van der Waals surface area contributed by atoms with Gasteiger partial charge in [-0.3, -0.25) is 9.59 Å². The minimum atomic E-state index is -0.137. The Labute approximate surface area is 144 Å². The lowest BCUT2D eigenvalue weighted by Crippen LogP contribution is -2.58. The van der Waals surface area contributed by atoms with Crippen LogP contribution in [0, 0.1) is 34.5 Å². The first kappa shape index (κ1) is 15.5. The highest BCUT2D eigenvalue weighted by atomic mass is 16.6. The topological polar surface area (TPSA) is 46.7 Å². The number of Topliss-reactive ketones (excluding diaryl/α,β-unsaturated/α-hetero) is 2. The molecule has 5 aliphatic rings. The molecule has 0 radical (unpaired) electrons. The maximum absolute atomic E-state index is 12.8. The average Bonchev–Trinajstić information content (AvgIpc) is 3.25. The number of ketones is 2. The molecule has 4 aliphatic carbocycles. The summed E-state index contributed by atoms with van der Waals surface area (Å²) in [5.41, 5.74) is -0.0572. The van der Waals surface area contributed by atoms with E-state index in [4.69, 9.17) is 4.74 Å². The first-order valence-electron chi connectivity index (χ1n) is 10.1. The molecular weight excluding hydrogens is 300 g/mol. The van der Waals surface area contributed by atoms with Crippen LogP contribution in [0.2, 0.25) is 0 Å². The molecule has 132 valence electrons. The fourth-order valence-electron chi connectivity index (χ4n) is 7.94. The van der Waals surface area contributed by atoms with Crippen LogP contribution in [-0.4, -0.2) is 23.3 Å². The van der Waals surface area contributed by atoms with Crippen LogP contribution < -0.4 is 0 Å². The lowest BCUT2D eigenvalue weighted by atomic mass is 9.44. The van der Waals surface area contributed by atoms with E-state index in [9.17, 15) is 9.59 Å². The highest BCUT2D eigenvalue weighted by Gasteiger charge is 2.76. The van der Waals surface area contributed by atoms with Gasteiger partial charge in [0, 0.05) is 23.7 Å². The number of hydrogen-bond acceptors (Lipinski definition) is 3. The lowest BCUT2D eigenvalue weighted by molar-refractivity contribution is -0.142. The van der Waals surface area contributed by atoms with Crippen molar-refractivity contribution in [3.63, 3.8) is 0 Å². The monoisotopic (exact) mass is 330 g/mol. The van der Waals surface area contributed by atoms with Crippen LogP contribution in [0.25, 0.3) is 0 Å². The van der Waals surface area contributed by atoms with Gasteiger partial charge in [-0.15, -0.1) is 0 Å². The van der Waals surface area contributed by atoms with Gasteiger partial charge in [-0.2, -0.15) is 0 Å². The second-order valence-corrected chi connectivity index (χ2v) is 9.86. The minimum absolute atomic E-state index is 0.0724. The second kappa shape index (κ2) is 4.52. The van der Waals surface area contributed by atoms with E-state index in [0.29, 0.717) is 41.7 Å². The van der Waals surface area contributed by atoms with E-state index >= 15 is 0 Å². The summed E-state index contributed by atoms with van der Waals surface area (Å²) >= 11 is 0. The standard InChI is InChI=1S/C21H30O3/c1-4-12-11-16(23)19(2)8-6-14-13(17(12)19)5-10-21-18(24-21)15(22)7-9-20(14,21)3/h12-14,17-18H,4-11H2,1-3H3/t12-,13-,14+,17+,18?,19-,20-,21?/m1/s1. The second-order valence-electron chi connectivity index (χ2n) is 9.86. The van der Waals surface area contributed by atoms with Gasteiger partial charge in [-0.1, -0.05) is 27.2 Å². The molecule has 24 heavy (non-hydrogen) atoms. The zero-order valence-electron chi connectivity index (χ0n) is 15.3. The Morgan fingerprint density at radius 1 is 1.12 bits per heavy atom. The number of epoxide rings is 1. The first-order chi connectivity index (χ1) is 11.4. The van der Waals surface area contributed by atoms with Gasteiger partial charge in [0.05, 0.1) is 0 Å². The highest BCUT2D eigenvalue weighted by Crippen LogP contribution is 2.72. The van der Waals surface area contributed by atoms with Gasteiger partial charge in [-0.25, -0.2) is 0 Å². The van der Waals surface area contributed by atoms with Crippen molar-refractivity contribution in [3.05, 3.63) is 0 Å². The van der Waals surface area contributed by atoms with Gasteiger partial charge in [0.25, 0.3) is 0 Å². The average molecular weight is 330 g/mol. The summed E-state index contributed by atoms with van der Waals surface area (Å²) in [5, 5.41) is 0. The largest absolute Gasteiger partial charge is 0.357 e. The third kappa shape index (κ3) is 1.55. The maximum atomic E-state index is 12.8. The van der Waals surface area contributed by atoms with Crippen LogP contribution in [0.3, 0.4) is 0 Å². The molecule has 1 saturated heterocycles. The number of carbonyl (C=O) groups is 2. The van der Waals surface area contributed by atoms with Crippen LogP contribution >= 0.6 is 0 Å². The molecule has 0 N–H and O–H groups in total. The Morgan fingerprint density at radius 2 is 1.92 bits per heavy atom. The van der Waals surface area contributed by atoms with E-state index in [1.807, 2.05) is 0 Å². The van der Waals surface area contributed by atoms with Crippen LogP contribution in [-0.2, 0) is 14.3 Å². The van der Waals surface area contributed by atoms with Crippen molar-refractivity contribution in [2.45, 2.75) is 83.8 Å². The predicted octanol–water partition coefficient (Wildman–Crippen LogP) is 3.93. The Kier molecular flexibility index (Phi) is 2.93. The molecule has 4 saturated carbocycles. The van der Waals surface area contributed by atoms with Crippen molar-refractivity contribution in [3.8, 4) is 0 Å². The van der Waals surface area contributed by atoms with E-state index in [2.05, 4.69) is 20.8 Å². The van der Waals surface area contributed by atoms with E-state index < -0.39 is 0 Å². The van der Waals surface area contributed by atoms with E-state index in [-0.39, 0.29) is 22.5 Å². The minimum Gasteiger partial charge on any atom is -0.357 e. The molecule has 1 spiro atoms. The molecule has 1 aliphatic heterocycles. The Morgan fingerprint density at radius 3 is 2.67 bits per heavy atom. The molecule has 5 rings (SSSR count). The molecule has 5 fully saturated rings. The summed E-state index contributed by atoms with van der Waals surface area (Å²) in [4.78, 5) is 25.0. The molecule has 2 unspecified atom stereocenters. The number of hydrogen-bond donors (Lipinski definition) is 0. The Hall–Kier alpha value is -0.700. The number of ether oxygens (including phenoxy) is 1. The molecule has 0 aromatic heterocycles. The molecule has 1 heterocycles. The Bertz CT molecular complexity index is 627. The fourth-order valence-corrected chi connectivity index (χ4v) is 7.94. The molecular formula is C21H30O3. The van der Waals surface area contributed by atoms with Crippen molar-refractivity contribution < 1.29 is 14.3 Å². The number of carbonyl (C=O) groups excluding carboxylic acids is 2. The van der Waals surface area contributed by atoms with Gasteiger partial charge in [0.2, 0.25) is 0 Å². The van der Waals surface area contributed by atoms with Gasteiger partial charge in [-0.05, 0) is 55.8 Å². The normalized spacial score (nSPS) is 58.5. The first-order valence-corrected chi connectivity index (χ1v) is 10.1. The van der Waals surface area contributed by atoms with Gasteiger partial charge < -0.3 is 4.74 Å². The van der Waals surface area contributed by atoms with E-state index in [1.54, 1.807) is 0 Å².